The zero-order valence-electron chi connectivity index (χ0n) is 8.79. The molecule has 0 aromatic rings. The van der Waals surface area contributed by atoms with Crippen LogP contribution in [0.25, 0.3) is 0 Å². The van der Waals surface area contributed by atoms with Gasteiger partial charge in [-0.1, -0.05) is 0 Å². The van der Waals surface area contributed by atoms with E-state index < -0.39 is 11.4 Å². The van der Waals surface area contributed by atoms with Crippen LogP contribution in [0.3, 0.4) is 0 Å². The van der Waals surface area contributed by atoms with Gasteiger partial charge in [-0.05, 0) is 13.8 Å². The molecule has 0 amide bonds. The molecule has 0 spiro atoms. The molecule has 1 N–H and O–H groups in total. The minimum absolute atomic E-state index is 0.235. The van der Waals surface area contributed by atoms with Gasteiger partial charge in [0.25, 0.3) is 0 Å². The summed E-state index contributed by atoms with van der Waals surface area (Å²) in [5, 5.41) is 1.96. The van der Waals surface area contributed by atoms with E-state index in [9.17, 15) is 4.55 Å². The van der Waals surface area contributed by atoms with E-state index in [4.69, 9.17) is 0 Å². The molecule has 0 aromatic heterocycles. The molecule has 0 radical (unpaired) electrons. The van der Waals surface area contributed by atoms with Crippen LogP contribution in [0.5, 0.6) is 0 Å². The number of hydrogen-bond acceptors (Lipinski definition) is 4. The highest BCUT2D eigenvalue weighted by Crippen LogP contribution is 2.22. The number of hydrogen-bond donors (Lipinski definition) is 1. The first kappa shape index (κ1) is 10.7. The molecule has 0 aliphatic carbocycles. The predicted octanol–water partition coefficient (Wildman–Crippen LogP) is 0.282. The van der Waals surface area contributed by atoms with E-state index in [1.165, 1.54) is 0 Å². The summed E-state index contributed by atoms with van der Waals surface area (Å²) < 4.78 is 13.1. The van der Waals surface area contributed by atoms with Crippen LogP contribution < -0.4 is 5.43 Å². The third-order valence-corrected chi connectivity index (χ3v) is 3.36. The van der Waals surface area contributed by atoms with E-state index in [-0.39, 0.29) is 6.04 Å². The molecule has 4 nitrogen and oxygen atoms in total. The largest absolute Gasteiger partial charge is 0.593 e. The lowest BCUT2D eigenvalue weighted by Crippen LogP contribution is -2.35. The van der Waals surface area contributed by atoms with Crippen molar-refractivity contribution < 1.29 is 4.55 Å². The maximum absolute atomic E-state index is 11.3. The van der Waals surface area contributed by atoms with Crippen molar-refractivity contribution in [1.82, 2.24) is 14.7 Å². The summed E-state index contributed by atoms with van der Waals surface area (Å²) in [6.45, 7) is 4.08. The minimum atomic E-state index is -0.948. The Morgan fingerprint density at radius 3 is 2.46 bits per heavy atom. The van der Waals surface area contributed by atoms with Crippen molar-refractivity contribution in [3.05, 3.63) is 11.4 Å². The van der Waals surface area contributed by atoms with E-state index in [0.717, 1.165) is 11.4 Å². The highest BCUT2D eigenvalue weighted by molar-refractivity contribution is 7.88. The molecular formula is C8H17N3OS. The molecule has 1 aliphatic heterocycles. The number of hydrazine groups is 1. The first-order valence-electron chi connectivity index (χ1n) is 4.23. The van der Waals surface area contributed by atoms with Crippen LogP contribution in [0.4, 0.5) is 0 Å². The predicted molar refractivity (Wildman–Crippen MR) is 54.9 cm³/mol. The molecule has 1 rings (SSSR count). The van der Waals surface area contributed by atoms with E-state index >= 15 is 0 Å². The van der Waals surface area contributed by atoms with Gasteiger partial charge in [0.2, 0.25) is 0 Å². The number of nitrogens with zero attached hydrogens (tertiary/aromatic N) is 2. The van der Waals surface area contributed by atoms with Crippen molar-refractivity contribution in [1.29, 1.82) is 0 Å². The summed E-state index contributed by atoms with van der Waals surface area (Å²) in [7, 11) is 3.82. The Morgan fingerprint density at radius 2 is 2.15 bits per heavy atom. The summed E-state index contributed by atoms with van der Waals surface area (Å²) in [5.41, 5.74) is 5.47. The lowest BCUT2D eigenvalue weighted by atomic mass is 10.2. The average Bonchev–Trinajstić information content (AvgIpc) is 2.26. The second-order valence-electron chi connectivity index (χ2n) is 3.30. The lowest BCUT2D eigenvalue weighted by molar-refractivity contribution is 0.313. The van der Waals surface area contributed by atoms with Crippen LogP contribution in [0.1, 0.15) is 13.8 Å². The van der Waals surface area contributed by atoms with Gasteiger partial charge in [0.1, 0.15) is 12.0 Å². The Labute approximate surface area is 82.9 Å². The Morgan fingerprint density at radius 1 is 1.62 bits per heavy atom. The van der Waals surface area contributed by atoms with Crippen molar-refractivity contribution in [2.24, 2.45) is 0 Å². The molecular weight excluding hydrogens is 186 g/mol. The van der Waals surface area contributed by atoms with Gasteiger partial charge in [-0.2, -0.15) is 4.31 Å². The molecule has 0 saturated carbocycles. The number of nitrogens with one attached hydrogen (secondary N) is 1. The summed E-state index contributed by atoms with van der Waals surface area (Å²) in [6.07, 6.45) is 1.69. The van der Waals surface area contributed by atoms with Gasteiger partial charge in [0.15, 0.2) is 0 Å². The normalized spacial score (nSPS) is 25.4. The fourth-order valence-corrected chi connectivity index (χ4v) is 2.14. The smallest absolute Gasteiger partial charge is 0.121 e. The fraction of sp³-hybridized carbons (Fsp3) is 0.750. The van der Waals surface area contributed by atoms with Gasteiger partial charge in [-0.15, -0.1) is 0 Å². The van der Waals surface area contributed by atoms with E-state index in [1.807, 2.05) is 26.0 Å². The van der Waals surface area contributed by atoms with E-state index in [0.29, 0.717) is 0 Å². The number of likely N-dealkylation sites (N-methyl/N-ethyl adjacent to an activating group) is 1. The SMILES string of the molecule is CC1=C(N(C)[S+](C)[O-])C(C)NN1C. The van der Waals surface area contributed by atoms with E-state index in [1.54, 1.807) is 10.6 Å². The second-order valence-corrected chi connectivity index (χ2v) is 4.70. The standard InChI is InChI=1S/C8H17N3OS/c1-6-8(11(4)13(5)12)7(2)10(3)9-6/h6,9H,1-5H3. The molecule has 1 heterocycles. The Bertz CT molecular complexity index is 229. The average molecular weight is 203 g/mol. The number of rotatable bonds is 2. The van der Waals surface area contributed by atoms with Gasteiger partial charge in [-0.3, -0.25) is 0 Å². The first-order valence-corrected chi connectivity index (χ1v) is 5.74. The Hall–Kier alpha value is -0.390. The third kappa shape index (κ3) is 1.92. The summed E-state index contributed by atoms with van der Waals surface area (Å²) in [4.78, 5) is 0. The Balaban J connectivity index is 2.88. The molecule has 0 bridgehead atoms. The molecule has 2 unspecified atom stereocenters. The zero-order valence-corrected chi connectivity index (χ0v) is 9.60. The fourth-order valence-electron chi connectivity index (χ4n) is 1.57. The monoisotopic (exact) mass is 203 g/mol. The third-order valence-electron chi connectivity index (χ3n) is 2.40. The van der Waals surface area contributed by atoms with Crippen LogP contribution in [-0.4, -0.2) is 40.3 Å². The molecule has 1 aliphatic rings. The van der Waals surface area contributed by atoms with Crippen LogP contribution in [0, 0.1) is 0 Å². The molecule has 76 valence electrons. The molecule has 0 saturated heterocycles. The minimum Gasteiger partial charge on any atom is -0.593 e. The van der Waals surface area contributed by atoms with Crippen LogP contribution in [-0.2, 0) is 11.4 Å². The van der Waals surface area contributed by atoms with Crippen molar-refractivity contribution in [3.8, 4) is 0 Å². The highest BCUT2D eigenvalue weighted by Gasteiger charge is 2.29. The van der Waals surface area contributed by atoms with Gasteiger partial charge in [-0.25, -0.2) is 5.43 Å². The molecule has 13 heavy (non-hydrogen) atoms. The maximum Gasteiger partial charge on any atom is 0.121 e. The van der Waals surface area contributed by atoms with Gasteiger partial charge in [0, 0.05) is 7.05 Å². The van der Waals surface area contributed by atoms with Crippen LogP contribution >= 0.6 is 0 Å². The summed E-state index contributed by atoms with van der Waals surface area (Å²) in [6, 6.07) is 0.235. The van der Waals surface area contributed by atoms with Gasteiger partial charge in [0.05, 0.1) is 30.1 Å². The molecule has 0 fully saturated rings. The summed E-state index contributed by atoms with van der Waals surface area (Å²) in [5.74, 6) is 0. The maximum atomic E-state index is 11.3. The molecule has 2 atom stereocenters. The molecule has 0 aromatic carbocycles. The highest BCUT2D eigenvalue weighted by atomic mass is 32.2. The lowest BCUT2D eigenvalue weighted by Gasteiger charge is -2.22. The quantitative estimate of drug-likeness (QED) is 0.655. The van der Waals surface area contributed by atoms with E-state index in [2.05, 4.69) is 12.3 Å². The van der Waals surface area contributed by atoms with Crippen LogP contribution in [0.2, 0.25) is 0 Å². The summed E-state index contributed by atoms with van der Waals surface area (Å²) >= 11 is -0.948. The Kier molecular flexibility index (Phi) is 3.10. The zero-order chi connectivity index (χ0) is 10.2. The topological polar surface area (TPSA) is 41.6 Å². The van der Waals surface area contributed by atoms with Gasteiger partial charge >= 0.3 is 0 Å². The second kappa shape index (κ2) is 3.77. The molecule has 5 heteroatoms. The van der Waals surface area contributed by atoms with Crippen molar-refractivity contribution >= 4 is 11.4 Å². The van der Waals surface area contributed by atoms with Crippen molar-refractivity contribution in [3.63, 3.8) is 0 Å². The van der Waals surface area contributed by atoms with Crippen molar-refractivity contribution in [2.75, 3.05) is 20.4 Å². The van der Waals surface area contributed by atoms with Crippen LogP contribution in [0.15, 0.2) is 11.4 Å². The van der Waals surface area contributed by atoms with Gasteiger partial charge < -0.3 is 9.56 Å². The number of allylic oxidation sites excluding steroid dienone is 1. The first-order chi connectivity index (χ1) is 5.95. The van der Waals surface area contributed by atoms with Crippen molar-refractivity contribution in [2.45, 2.75) is 19.9 Å².